The van der Waals surface area contributed by atoms with Crippen LogP contribution >= 0.6 is 0 Å². The summed E-state index contributed by atoms with van der Waals surface area (Å²) in [7, 11) is 2.12. The summed E-state index contributed by atoms with van der Waals surface area (Å²) in [4.78, 5) is 14.7. The Kier molecular flexibility index (Phi) is 6.32. The molecule has 3 aromatic rings. The van der Waals surface area contributed by atoms with Crippen molar-refractivity contribution in [2.45, 2.75) is 31.5 Å². The van der Waals surface area contributed by atoms with Crippen molar-refractivity contribution < 1.29 is 18.0 Å². The molecule has 0 saturated carbocycles. The third-order valence-electron chi connectivity index (χ3n) is 5.96. The van der Waals surface area contributed by atoms with Gasteiger partial charge < -0.3 is 10.2 Å². The van der Waals surface area contributed by atoms with Gasteiger partial charge in [-0.25, -0.2) is 0 Å². The molecule has 0 spiro atoms. The van der Waals surface area contributed by atoms with Gasteiger partial charge in [0.15, 0.2) is 0 Å². The maximum atomic E-state index is 13.0. The molecule has 2 aromatic carbocycles. The zero-order chi connectivity index (χ0) is 22.7. The van der Waals surface area contributed by atoms with Gasteiger partial charge in [0.05, 0.1) is 17.0 Å². The van der Waals surface area contributed by atoms with Gasteiger partial charge in [0.1, 0.15) is 0 Å². The number of hydrogen-bond acceptors (Lipinski definition) is 3. The van der Waals surface area contributed by atoms with Crippen molar-refractivity contribution in [2.75, 3.05) is 20.1 Å². The van der Waals surface area contributed by atoms with Crippen molar-refractivity contribution in [3.05, 3.63) is 65.7 Å². The number of nitrogens with zero attached hydrogens (tertiary/aromatic N) is 2. The summed E-state index contributed by atoms with van der Waals surface area (Å²) in [5.41, 5.74) is 2.10. The monoisotopic (exact) mass is 442 g/mol. The number of carbonyl (C=O) groups is 1. The molecule has 0 aliphatic carbocycles. The number of hydrogen-bond donors (Lipinski definition) is 2. The van der Waals surface area contributed by atoms with E-state index in [-0.39, 0.29) is 5.91 Å². The first-order valence-corrected chi connectivity index (χ1v) is 10.6. The van der Waals surface area contributed by atoms with Crippen LogP contribution in [0.25, 0.3) is 22.5 Å². The molecule has 5 nitrogen and oxygen atoms in total. The van der Waals surface area contributed by atoms with E-state index in [2.05, 4.69) is 27.5 Å². The number of H-pyrrole nitrogens is 1. The van der Waals surface area contributed by atoms with E-state index < -0.39 is 11.7 Å². The molecule has 1 aliphatic heterocycles. The van der Waals surface area contributed by atoms with Crippen LogP contribution in [0, 0.1) is 0 Å². The minimum Gasteiger partial charge on any atom is -0.352 e. The van der Waals surface area contributed by atoms with Gasteiger partial charge in [-0.05, 0) is 68.8 Å². The van der Waals surface area contributed by atoms with Crippen LogP contribution in [0.4, 0.5) is 13.2 Å². The molecule has 1 amide bonds. The molecule has 168 valence electrons. The molecule has 1 unspecified atom stereocenters. The number of halogens is 3. The minimum atomic E-state index is -4.40. The molecule has 1 atom stereocenters. The Hall–Kier alpha value is -3.13. The highest BCUT2D eigenvalue weighted by atomic mass is 19.4. The van der Waals surface area contributed by atoms with Gasteiger partial charge in [0.2, 0.25) is 0 Å². The molecule has 1 fully saturated rings. The largest absolute Gasteiger partial charge is 0.416 e. The van der Waals surface area contributed by atoms with Gasteiger partial charge in [-0.15, -0.1) is 0 Å². The van der Waals surface area contributed by atoms with Crippen LogP contribution < -0.4 is 5.32 Å². The zero-order valence-electron chi connectivity index (χ0n) is 17.7. The van der Waals surface area contributed by atoms with Crippen molar-refractivity contribution in [2.24, 2.45) is 0 Å². The van der Waals surface area contributed by atoms with Gasteiger partial charge in [0.25, 0.3) is 5.91 Å². The molecule has 0 bridgehead atoms. The predicted molar refractivity (Wildman–Crippen MR) is 117 cm³/mol. The van der Waals surface area contributed by atoms with E-state index >= 15 is 0 Å². The quantitative estimate of drug-likeness (QED) is 0.566. The number of likely N-dealkylation sites (tertiary alicyclic amines) is 1. The summed E-state index contributed by atoms with van der Waals surface area (Å²) in [5.74, 6) is -0.119. The third kappa shape index (κ3) is 5.02. The predicted octanol–water partition coefficient (Wildman–Crippen LogP) is 4.98. The van der Waals surface area contributed by atoms with Crippen LogP contribution in [0.5, 0.6) is 0 Å². The van der Waals surface area contributed by atoms with E-state index in [1.165, 1.54) is 18.9 Å². The Bertz CT molecular complexity index is 1080. The first-order valence-electron chi connectivity index (χ1n) is 10.6. The van der Waals surface area contributed by atoms with E-state index in [1.54, 1.807) is 36.4 Å². The highest BCUT2D eigenvalue weighted by Crippen LogP contribution is 2.32. The lowest BCUT2D eigenvalue weighted by atomic mass is 10.1. The number of benzene rings is 2. The highest BCUT2D eigenvalue weighted by molar-refractivity contribution is 5.94. The lowest BCUT2D eigenvalue weighted by Gasteiger charge is -2.19. The molecule has 2 N–H and O–H groups in total. The SMILES string of the molecule is CN1CCCC1CCNC(=O)c1ccc(-c2cc(-c3cccc(C(F)(F)F)c3)n[nH]2)cc1. The number of nitrogens with one attached hydrogen (secondary N) is 2. The lowest BCUT2D eigenvalue weighted by Crippen LogP contribution is -2.31. The summed E-state index contributed by atoms with van der Waals surface area (Å²) < 4.78 is 38.9. The minimum absolute atomic E-state index is 0.119. The fourth-order valence-corrected chi connectivity index (χ4v) is 4.07. The van der Waals surface area contributed by atoms with Crippen LogP contribution in [0.1, 0.15) is 35.2 Å². The number of carbonyl (C=O) groups excluding carboxylic acids is 1. The molecule has 0 radical (unpaired) electrons. The van der Waals surface area contributed by atoms with Crippen LogP contribution in [0.2, 0.25) is 0 Å². The standard InChI is InChI=1S/C24H25F3N4O/c1-31-13-3-6-20(31)11-12-28-23(32)17-9-7-16(8-10-17)21-15-22(30-29-21)18-4-2-5-19(14-18)24(25,26)27/h2,4-5,7-10,14-15,20H,3,6,11-13H2,1H3,(H,28,32)(H,29,30). The number of amides is 1. The van der Waals surface area contributed by atoms with E-state index in [1.807, 2.05) is 0 Å². The Morgan fingerprint density at radius 2 is 1.94 bits per heavy atom. The van der Waals surface area contributed by atoms with Crippen molar-refractivity contribution in [1.82, 2.24) is 20.4 Å². The number of alkyl halides is 3. The number of aromatic nitrogens is 2. The van der Waals surface area contributed by atoms with Crippen molar-refractivity contribution in [1.29, 1.82) is 0 Å². The first kappa shape index (κ1) is 22.1. The molecule has 1 aliphatic rings. The van der Waals surface area contributed by atoms with Crippen molar-refractivity contribution >= 4 is 5.91 Å². The molecule has 4 rings (SSSR count). The smallest absolute Gasteiger partial charge is 0.352 e. The molecular weight excluding hydrogens is 417 g/mol. The van der Waals surface area contributed by atoms with Crippen molar-refractivity contribution in [3.63, 3.8) is 0 Å². The molecule has 8 heteroatoms. The average Bonchev–Trinajstić information content (AvgIpc) is 3.43. The molecule has 1 saturated heterocycles. The number of aromatic amines is 1. The second-order valence-electron chi connectivity index (χ2n) is 8.14. The summed E-state index contributed by atoms with van der Waals surface area (Å²) >= 11 is 0. The topological polar surface area (TPSA) is 61.0 Å². The first-order chi connectivity index (χ1) is 15.3. The molecule has 2 heterocycles. The normalized spacial score (nSPS) is 16.9. The van der Waals surface area contributed by atoms with Gasteiger partial charge in [0, 0.05) is 23.7 Å². The summed E-state index contributed by atoms with van der Waals surface area (Å²) in [5, 5.41) is 9.98. The molecular formula is C24H25F3N4O. The Morgan fingerprint density at radius 3 is 2.62 bits per heavy atom. The fraction of sp³-hybridized carbons (Fsp3) is 0.333. The van der Waals surface area contributed by atoms with Gasteiger partial charge >= 0.3 is 6.18 Å². The highest BCUT2D eigenvalue weighted by Gasteiger charge is 2.30. The third-order valence-corrected chi connectivity index (χ3v) is 5.96. The Balaban J connectivity index is 1.39. The van der Waals surface area contributed by atoms with Gasteiger partial charge in [-0.1, -0.05) is 24.3 Å². The average molecular weight is 442 g/mol. The zero-order valence-corrected chi connectivity index (χ0v) is 17.7. The second kappa shape index (κ2) is 9.16. The van der Waals surface area contributed by atoms with Crippen molar-refractivity contribution in [3.8, 4) is 22.5 Å². The molecule has 32 heavy (non-hydrogen) atoms. The number of rotatable bonds is 6. The fourth-order valence-electron chi connectivity index (χ4n) is 4.07. The van der Waals surface area contributed by atoms with E-state index in [4.69, 9.17) is 0 Å². The lowest BCUT2D eigenvalue weighted by molar-refractivity contribution is -0.137. The second-order valence-corrected chi connectivity index (χ2v) is 8.14. The van der Waals surface area contributed by atoms with Gasteiger partial charge in [-0.3, -0.25) is 9.89 Å². The summed E-state index contributed by atoms with van der Waals surface area (Å²) in [6.45, 7) is 1.75. The van der Waals surface area contributed by atoms with E-state index in [0.717, 1.165) is 30.7 Å². The van der Waals surface area contributed by atoms with Crippen LogP contribution in [-0.2, 0) is 6.18 Å². The van der Waals surface area contributed by atoms with E-state index in [0.29, 0.717) is 35.1 Å². The van der Waals surface area contributed by atoms with E-state index in [9.17, 15) is 18.0 Å². The maximum absolute atomic E-state index is 13.0. The molecule has 1 aromatic heterocycles. The van der Waals surface area contributed by atoms with Crippen LogP contribution in [0.15, 0.2) is 54.6 Å². The van der Waals surface area contributed by atoms with Crippen LogP contribution in [0.3, 0.4) is 0 Å². The van der Waals surface area contributed by atoms with Gasteiger partial charge in [-0.2, -0.15) is 18.3 Å². The summed E-state index contributed by atoms with van der Waals surface area (Å²) in [6.07, 6.45) is -1.08. The maximum Gasteiger partial charge on any atom is 0.416 e. The van der Waals surface area contributed by atoms with Crippen LogP contribution in [-0.4, -0.2) is 47.2 Å². The Labute approximate surface area is 184 Å². The summed E-state index contributed by atoms with van der Waals surface area (Å²) in [6, 6.07) is 14.4. The Morgan fingerprint density at radius 1 is 1.16 bits per heavy atom.